The van der Waals surface area contributed by atoms with Crippen LogP contribution < -0.4 is 11.3 Å². The molecular weight excluding hydrogens is 276 g/mol. The van der Waals surface area contributed by atoms with Crippen LogP contribution in [0, 0.1) is 11.3 Å². The Labute approximate surface area is 116 Å². The highest BCUT2D eigenvalue weighted by Crippen LogP contribution is 2.31. The summed E-state index contributed by atoms with van der Waals surface area (Å²) in [6.45, 7) is 0. The fourth-order valence-corrected chi connectivity index (χ4v) is 3.11. The predicted molar refractivity (Wildman–Crippen MR) is 75.4 cm³/mol. The number of nitrogens with two attached hydrogens (primary N) is 1. The molecule has 0 aliphatic heterocycles. The average Bonchev–Trinajstić information content (AvgIpc) is 2.79. The fourth-order valence-electron chi connectivity index (χ4n) is 2.06. The summed E-state index contributed by atoms with van der Waals surface area (Å²) in [6, 6.07) is 6.76. The maximum absolute atomic E-state index is 11.4. The number of nitrogens with one attached hydrogen (secondary N) is 1. The van der Waals surface area contributed by atoms with Gasteiger partial charge in [0.15, 0.2) is 0 Å². The number of aromatic nitrogens is 2. The lowest BCUT2D eigenvalue weighted by Crippen LogP contribution is -2.13. The molecule has 0 saturated carbocycles. The van der Waals surface area contributed by atoms with Gasteiger partial charge in [0, 0.05) is 11.5 Å². The van der Waals surface area contributed by atoms with E-state index in [2.05, 4.69) is 16.0 Å². The highest BCUT2D eigenvalue weighted by molar-refractivity contribution is 7.19. The van der Waals surface area contributed by atoms with Crippen molar-refractivity contribution < 1.29 is 4.79 Å². The lowest BCUT2D eigenvalue weighted by Gasteiger charge is -1.99. The van der Waals surface area contributed by atoms with Crippen LogP contribution in [0.1, 0.15) is 10.6 Å². The first kappa shape index (κ1) is 12.3. The Balaban J connectivity index is 2.41. The molecule has 2 heterocycles. The van der Waals surface area contributed by atoms with E-state index in [1.54, 1.807) is 12.1 Å². The summed E-state index contributed by atoms with van der Waals surface area (Å²) >= 11 is 1.27. The minimum Gasteiger partial charge on any atom is -0.369 e. The molecule has 0 radical (unpaired) electrons. The highest BCUT2D eigenvalue weighted by Gasteiger charge is 2.14. The molecule has 1 aromatic carbocycles. The van der Waals surface area contributed by atoms with Gasteiger partial charge in [-0.1, -0.05) is 0 Å². The van der Waals surface area contributed by atoms with E-state index in [4.69, 9.17) is 5.73 Å². The molecule has 3 N–H and O–H groups in total. The van der Waals surface area contributed by atoms with Crippen LogP contribution in [-0.4, -0.2) is 15.9 Å². The van der Waals surface area contributed by atoms with Gasteiger partial charge < -0.3 is 10.7 Å². The Kier molecular flexibility index (Phi) is 2.73. The second-order valence-corrected chi connectivity index (χ2v) is 5.33. The molecule has 0 aliphatic rings. The Morgan fingerprint density at radius 2 is 2.30 bits per heavy atom. The Morgan fingerprint density at radius 1 is 1.50 bits per heavy atom. The van der Waals surface area contributed by atoms with Crippen molar-refractivity contribution in [2.24, 2.45) is 5.73 Å². The number of hydrogen-bond donors (Lipinski definition) is 2. The van der Waals surface area contributed by atoms with E-state index >= 15 is 0 Å². The topological polar surface area (TPSA) is 113 Å². The third-order valence-electron chi connectivity index (χ3n) is 2.86. The number of H-pyrrole nitrogens is 1. The van der Waals surface area contributed by atoms with Crippen LogP contribution in [0.5, 0.6) is 0 Å². The van der Waals surface area contributed by atoms with Gasteiger partial charge >= 0.3 is 0 Å². The summed E-state index contributed by atoms with van der Waals surface area (Å²) in [7, 11) is 0. The predicted octanol–water partition coefficient (Wildman–Crippen LogP) is 1.04. The minimum absolute atomic E-state index is 0.0368. The molecule has 7 heteroatoms. The molecule has 3 rings (SSSR count). The van der Waals surface area contributed by atoms with Gasteiger partial charge in [-0.15, -0.1) is 11.3 Å². The van der Waals surface area contributed by atoms with Crippen molar-refractivity contribution in [2.45, 2.75) is 6.42 Å². The SMILES string of the molecule is N#Cc1cc2[nH]c(=O)ccc2c2nc(CC(N)=O)sc12. The number of carbonyl (C=O) groups is 1. The van der Waals surface area contributed by atoms with Gasteiger partial charge in [-0.25, -0.2) is 4.98 Å². The van der Waals surface area contributed by atoms with Crippen molar-refractivity contribution in [3.8, 4) is 6.07 Å². The normalized spacial score (nSPS) is 10.8. The molecule has 2 aromatic heterocycles. The van der Waals surface area contributed by atoms with Crippen LogP contribution in [0.4, 0.5) is 0 Å². The number of aromatic amines is 1. The maximum Gasteiger partial charge on any atom is 0.248 e. The smallest absolute Gasteiger partial charge is 0.248 e. The summed E-state index contributed by atoms with van der Waals surface area (Å²) in [6.07, 6.45) is 0.0368. The van der Waals surface area contributed by atoms with E-state index in [-0.39, 0.29) is 12.0 Å². The molecule has 98 valence electrons. The number of rotatable bonds is 2. The first-order valence-electron chi connectivity index (χ1n) is 5.72. The van der Waals surface area contributed by atoms with E-state index < -0.39 is 5.91 Å². The number of nitrogens with zero attached hydrogens (tertiary/aromatic N) is 2. The second-order valence-electron chi connectivity index (χ2n) is 4.25. The number of pyridine rings is 1. The van der Waals surface area contributed by atoms with Crippen molar-refractivity contribution in [2.75, 3.05) is 0 Å². The van der Waals surface area contributed by atoms with Crippen LogP contribution >= 0.6 is 11.3 Å². The maximum atomic E-state index is 11.4. The van der Waals surface area contributed by atoms with E-state index in [9.17, 15) is 14.9 Å². The molecule has 0 atom stereocenters. The molecule has 3 aromatic rings. The molecule has 20 heavy (non-hydrogen) atoms. The lowest BCUT2D eigenvalue weighted by atomic mass is 10.1. The monoisotopic (exact) mass is 284 g/mol. The molecule has 0 bridgehead atoms. The summed E-state index contributed by atoms with van der Waals surface area (Å²) in [5.41, 5.74) is 6.50. The van der Waals surface area contributed by atoms with Gasteiger partial charge in [0.2, 0.25) is 11.5 Å². The molecule has 6 nitrogen and oxygen atoms in total. The summed E-state index contributed by atoms with van der Waals surface area (Å²) in [5, 5.41) is 10.5. The molecule has 1 amide bonds. The second kappa shape index (κ2) is 4.43. The Hall–Kier alpha value is -2.72. The van der Waals surface area contributed by atoms with Crippen molar-refractivity contribution in [1.82, 2.24) is 9.97 Å². The molecule has 0 saturated heterocycles. The standard InChI is InChI=1S/C13H8N4O2S/c14-5-6-3-8-7(1-2-10(19)16-8)12-13(6)20-11(17-12)4-9(15)18/h1-3H,4H2,(H2,15,18)(H,16,19). The third kappa shape index (κ3) is 1.92. The summed E-state index contributed by atoms with van der Waals surface area (Å²) < 4.78 is 0.697. The molecular formula is C13H8N4O2S. The van der Waals surface area contributed by atoms with Crippen molar-refractivity contribution >= 4 is 38.4 Å². The molecule has 0 aliphatic carbocycles. The van der Waals surface area contributed by atoms with Crippen LogP contribution in [0.3, 0.4) is 0 Å². The van der Waals surface area contributed by atoms with Gasteiger partial charge in [0.1, 0.15) is 11.1 Å². The third-order valence-corrected chi connectivity index (χ3v) is 3.94. The minimum atomic E-state index is -0.472. The van der Waals surface area contributed by atoms with E-state index in [1.807, 2.05) is 0 Å². The number of carbonyl (C=O) groups excluding carboxylic acids is 1. The quantitative estimate of drug-likeness (QED) is 0.731. The van der Waals surface area contributed by atoms with E-state index in [1.165, 1.54) is 17.4 Å². The number of primary amides is 1. The van der Waals surface area contributed by atoms with Crippen molar-refractivity contribution in [3.63, 3.8) is 0 Å². The van der Waals surface area contributed by atoms with Crippen molar-refractivity contribution in [3.05, 3.63) is 39.1 Å². The number of fused-ring (bicyclic) bond motifs is 3. The number of thiazole rings is 1. The molecule has 0 fully saturated rings. The largest absolute Gasteiger partial charge is 0.369 e. The van der Waals surface area contributed by atoms with Crippen molar-refractivity contribution in [1.29, 1.82) is 5.26 Å². The zero-order valence-corrected chi connectivity index (χ0v) is 11.0. The number of benzene rings is 1. The zero-order chi connectivity index (χ0) is 14.3. The van der Waals surface area contributed by atoms with Gasteiger partial charge in [0.05, 0.1) is 27.7 Å². The van der Waals surface area contributed by atoms with Gasteiger partial charge in [-0.3, -0.25) is 9.59 Å². The zero-order valence-electron chi connectivity index (χ0n) is 10.1. The first-order valence-corrected chi connectivity index (χ1v) is 6.54. The lowest BCUT2D eigenvalue weighted by molar-refractivity contribution is -0.117. The van der Waals surface area contributed by atoms with Crippen LogP contribution in [0.25, 0.3) is 21.1 Å². The number of hydrogen-bond acceptors (Lipinski definition) is 5. The fraction of sp³-hybridized carbons (Fsp3) is 0.0769. The first-order chi connectivity index (χ1) is 9.58. The Morgan fingerprint density at radius 3 is 3.00 bits per heavy atom. The molecule has 0 spiro atoms. The number of nitriles is 1. The molecule has 0 unspecified atom stereocenters. The van der Waals surface area contributed by atoms with Crippen LogP contribution in [-0.2, 0) is 11.2 Å². The summed E-state index contributed by atoms with van der Waals surface area (Å²) in [4.78, 5) is 29.4. The van der Waals surface area contributed by atoms with Crippen LogP contribution in [0.2, 0.25) is 0 Å². The van der Waals surface area contributed by atoms with Gasteiger partial charge in [-0.05, 0) is 12.1 Å². The van der Waals surface area contributed by atoms with Gasteiger partial charge in [0.25, 0.3) is 0 Å². The average molecular weight is 284 g/mol. The summed E-state index contributed by atoms with van der Waals surface area (Å²) in [5.74, 6) is -0.472. The Bertz CT molecular complexity index is 949. The van der Waals surface area contributed by atoms with E-state index in [0.29, 0.717) is 26.3 Å². The number of amides is 1. The highest BCUT2D eigenvalue weighted by atomic mass is 32.1. The van der Waals surface area contributed by atoms with E-state index in [0.717, 1.165) is 5.39 Å². The van der Waals surface area contributed by atoms with Gasteiger partial charge in [-0.2, -0.15) is 5.26 Å². The van der Waals surface area contributed by atoms with Crippen LogP contribution in [0.15, 0.2) is 23.0 Å².